The zero-order valence-corrected chi connectivity index (χ0v) is 13.5. The predicted molar refractivity (Wildman–Crippen MR) is 88.7 cm³/mol. The molecule has 2 aromatic rings. The average Bonchev–Trinajstić information content (AvgIpc) is 3.01. The molecule has 0 unspecified atom stereocenters. The molecule has 24 heavy (non-hydrogen) atoms. The number of carbonyl (C=O) groups excluding carboxylic acids is 2. The minimum absolute atomic E-state index is 0.161. The standard InChI is InChI=1S/C17H20N4O3/c1-10-16(11-2-4-21(10)5-3-11)20-17(23)13-6-12-14(19-9-22)8-24-15(12)7-18-13/h6-11,16H,2-5H2,1H3,(H,19,22)(H,20,23)/t10-,16+/m1/s1. The molecular formula is C17H20N4O3. The van der Waals surface area contributed by atoms with Gasteiger partial charge >= 0.3 is 0 Å². The van der Waals surface area contributed by atoms with Gasteiger partial charge in [0, 0.05) is 17.5 Å². The Morgan fingerprint density at radius 3 is 2.92 bits per heavy atom. The van der Waals surface area contributed by atoms with Crippen molar-refractivity contribution in [3.63, 3.8) is 0 Å². The molecule has 7 heteroatoms. The number of anilines is 1. The summed E-state index contributed by atoms with van der Waals surface area (Å²) >= 11 is 0. The minimum Gasteiger partial charge on any atom is -0.460 e. The molecule has 126 valence electrons. The van der Waals surface area contributed by atoms with Crippen molar-refractivity contribution in [2.45, 2.75) is 31.8 Å². The number of hydrogen-bond donors (Lipinski definition) is 2. The van der Waals surface area contributed by atoms with Gasteiger partial charge in [-0.05, 0) is 44.8 Å². The second kappa shape index (κ2) is 5.90. The number of nitrogens with one attached hydrogen (secondary N) is 2. The number of piperidine rings is 3. The monoisotopic (exact) mass is 328 g/mol. The van der Waals surface area contributed by atoms with Gasteiger partial charge in [0.15, 0.2) is 5.58 Å². The number of pyridine rings is 1. The molecule has 2 N–H and O–H groups in total. The maximum absolute atomic E-state index is 12.7. The van der Waals surface area contributed by atoms with Crippen LogP contribution in [0.25, 0.3) is 11.0 Å². The lowest BCUT2D eigenvalue weighted by Crippen LogP contribution is -2.62. The van der Waals surface area contributed by atoms with Crippen molar-refractivity contribution in [3.05, 3.63) is 24.2 Å². The van der Waals surface area contributed by atoms with Crippen LogP contribution >= 0.6 is 0 Å². The van der Waals surface area contributed by atoms with E-state index in [1.807, 2.05) is 0 Å². The van der Waals surface area contributed by atoms with E-state index in [2.05, 4.69) is 27.4 Å². The summed E-state index contributed by atoms with van der Waals surface area (Å²) in [6.07, 6.45) is 5.81. The molecule has 7 nitrogen and oxygen atoms in total. The first kappa shape index (κ1) is 15.1. The molecule has 0 saturated carbocycles. The van der Waals surface area contributed by atoms with Crippen molar-refractivity contribution >= 4 is 29.0 Å². The van der Waals surface area contributed by atoms with Gasteiger partial charge in [0.05, 0.1) is 11.9 Å². The molecule has 2 amide bonds. The normalized spacial score (nSPS) is 28.7. The Bertz CT molecular complexity index is 777. The van der Waals surface area contributed by atoms with E-state index >= 15 is 0 Å². The molecule has 3 fully saturated rings. The van der Waals surface area contributed by atoms with Crippen LogP contribution in [0, 0.1) is 5.92 Å². The molecule has 0 aliphatic carbocycles. The van der Waals surface area contributed by atoms with E-state index in [1.165, 1.54) is 12.5 Å². The van der Waals surface area contributed by atoms with Gasteiger partial charge in [0.2, 0.25) is 6.41 Å². The van der Waals surface area contributed by atoms with Crippen molar-refractivity contribution in [2.75, 3.05) is 18.4 Å². The summed E-state index contributed by atoms with van der Waals surface area (Å²) in [5.74, 6) is 0.361. The molecule has 2 aromatic heterocycles. The summed E-state index contributed by atoms with van der Waals surface area (Å²) < 4.78 is 5.32. The van der Waals surface area contributed by atoms with Crippen LogP contribution < -0.4 is 10.6 Å². The number of aromatic nitrogens is 1. The van der Waals surface area contributed by atoms with Crippen LogP contribution in [-0.4, -0.2) is 47.4 Å². The van der Waals surface area contributed by atoms with Gasteiger partial charge in [-0.3, -0.25) is 14.5 Å². The highest BCUT2D eigenvalue weighted by Gasteiger charge is 2.40. The molecule has 2 atom stereocenters. The van der Waals surface area contributed by atoms with Gasteiger partial charge in [-0.25, -0.2) is 4.98 Å². The quantitative estimate of drug-likeness (QED) is 0.833. The molecule has 0 spiro atoms. The number of hydrogen-bond acceptors (Lipinski definition) is 5. The van der Waals surface area contributed by atoms with Crippen LogP contribution in [0.1, 0.15) is 30.3 Å². The van der Waals surface area contributed by atoms with E-state index in [4.69, 9.17) is 4.42 Å². The molecule has 5 rings (SSSR count). The third-order valence-corrected chi connectivity index (χ3v) is 5.38. The van der Waals surface area contributed by atoms with Gasteiger partial charge < -0.3 is 15.1 Å². The van der Waals surface area contributed by atoms with Crippen molar-refractivity contribution < 1.29 is 14.0 Å². The minimum atomic E-state index is -0.180. The first-order valence-corrected chi connectivity index (χ1v) is 8.29. The Balaban J connectivity index is 1.57. The molecule has 5 heterocycles. The van der Waals surface area contributed by atoms with Gasteiger partial charge in [-0.15, -0.1) is 0 Å². The summed E-state index contributed by atoms with van der Waals surface area (Å²) in [6, 6.07) is 2.17. The molecule has 0 radical (unpaired) electrons. The summed E-state index contributed by atoms with van der Waals surface area (Å²) in [5.41, 5.74) is 1.40. The summed E-state index contributed by atoms with van der Waals surface area (Å²) in [7, 11) is 0. The summed E-state index contributed by atoms with van der Waals surface area (Å²) in [6.45, 7) is 4.42. The zero-order chi connectivity index (χ0) is 16.7. The Morgan fingerprint density at radius 1 is 1.42 bits per heavy atom. The van der Waals surface area contributed by atoms with Crippen LogP contribution in [0.15, 0.2) is 22.9 Å². The Hall–Kier alpha value is -2.41. The molecule has 3 saturated heterocycles. The highest BCUT2D eigenvalue weighted by atomic mass is 16.3. The van der Waals surface area contributed by atoms with E-state index in [9.17, 15) is 9.59 Å². The average molecular weight is 328 g/mol. The Labute approximate surface area is 139 Å². The zero-order valence-electron chi connectivity index (χ0n) is 13.5. The van der Waals surface area contributed by atoms with Crippen LogP contribution in [-0.2, 0) is 4.79 Å². The number of furan rings is 1. The first-order chi connectivity index (χ1) is 11.7. The van der Waals surface area contributed by atoms with Crippen molar-refractivity contribution in [1.82, 2.24) is 15.2 Å². The van der Waals surface area contributed by atoms with E-state index in [0.717, 1.165) is 25.9 Å². The number of carbonyl (C=O) groups is 2. The summed E-state index contributed by atoms with van der Waals surface area (Å²) in [5, 5.41) is 6.40. The lowest BCUT2D eigenvalue weighted by molar-refractivity contribution is -0.105. The molecule has 3 aliphatic rings. The van der Waals surface area contributed by atoms with E-state index in [-0.39, 0.29) is 11.9 Å². The molecule has 2 bridgehead atoms. The Kier molecular flexibility index (Phi) is 3.72. The molecule has 3 aliphatic heterocycles. The van der Waals surface area contributed by atoms with Gasteiger partial charge in [-0.2, -0.15) is 0 Å². The van der Waals surface area contributed by atoms with Gasteiger partial charge in [0.25, 0.3) is 5.91 Å². The lowest BCUT2D eigenvalue weighted by atomic mass is 9.79. The van der Waals surface area contributed by atoms with Gasteiger partial charge in [-0.1, -0.05) is 0 Å². The fraction of sp³-hybridized carbons (Fsp3) is 0.471. The third-order valence-electron chi connectivity index (χ3n) is 5.38. The van der Waals surface area contributed by atoms with Crippen LogP contribution in [0.5, 0.6) is 0 Å². The van der Waals surface area contributed by atoms with Crippen LogP contribution in [0.3, 0.4) is 0 Å². The number of fused-ring (bicyclic) bond motifs is 4. The second-order valence-electron chi connectivity index (χ2n) is 6.59. The topological polar surface area (TPSA) is 87.5 Å². The fourth-order valence-corrected chi connectivity index (χ4v) is 4.00. The predicted octanol–water partition coefficient (Wildman–Crippen LogP) is 1.61. The van der Waals surface area contributed by atoms with Crippen LogP contribution in [0.4, 0.5) is 5.69 Å². The first-order valence-electron chi connectivity index (χ1n) is 8.29. The molecule has 0 aromatic carbocycles. The SMILES string of the molecule is C[C@@H]1[C@H](NC(=O)c2cc3c(NC=O)coc3cn2)C2CCN1CC2. The second-order valence-corrected chi connectivity index (χ2v) is 6.59. The van der Waals surface area contributed by atoms with E-state index < -0.39 is 0 Å². The van der Waals surface area contributed by atoms with Crippen molar-refractivity contribution in [3.8, 4) is 0 Å². The number of amides is 2. The maximum atomic E-state index is 12.7. The van der Waals surface area contributed by atoms with Gasteiger partial charge in [0.1, 0.15) is 12.0 Å². The Morgan fingerprint density at radius 2 is 2.21 bits per heavy atom. The fourth-order valence-electron chi connectivity index (χ4n) is 4.00. The lowest BCUT2D eigenvalue weighted by Gasteiger charge is -2.49. The van der Waals surface area contributed by atoms with Crippen molar-refractivity contribution in [2.24, 2.45) is 5.92 Å². The highest BCUT2D eigenvalue weighted by molar-refractivity contribution is 6.00. The summed E-state index contributed by atoms with van der Waals surface area (Å²) in [4.78, 5) is 29.9. The number of nitrogens with zero attached hydrogens (tertiary/aromatic N) is 2. The smallest absolute Gasteiger partial charge is 0.270 e. The van der Waals surface area contributed by atoms with Crippen LogP contribution in [0.2, 0.25) is 0 Å². The highest BCUT2D eigenvalue weighted by Crippen LogP contribution is 2.32. The maximum Gasteiger partial charge on any atom is 0.270 e. The largest absolute Gasteiger partial charge is 0.460 e. The van der Waals surface area contributed by atoms with E-state index in [1.54, 1.807) is 6.07 Å². The van der Waals surface area contributed by atoms with Crippen molar-refractivity contribution in [1.29, 1.82) is 0 Å². The van der Waals surface area contributed by atoms with E-state index in [0.29, 0.717) is 40.7 Å². The number of rotatable bonds is 4. The third kappa shape index (κ3) is 2.45. The molecular weight excluding hydrogens is 308 g/mol.